The van der Waals surface area contributed by atoms with Crippen LogP contribution < -0.4 is 5.32 Å². The molecule has 0 heterocycles. The number of carbonyl (C=O) groups is 2. The molecule has 0 unspecified atom stereocenters. The lowest BCUT2D eigenvalue weighted by Crippen LogP contribution is -2.21. The van der Waals surface area contributed by atoms with Crippen LogP contribution >= 0.6 is 11.6 Å². The molecule has 0 aliphatic carbocycles. The molecule has 9 nitrogen and oxygen atoms in total. The van der Waals surface area contributed by atoms with E-state index in [1.807, 2.05) is 0 Å². The SMILES string of the molecule is Cc1cc(C(=O)OCC(=O)Nc2cc(S(C)(=O)=O)ccc2Cl)ccc1[N+](=O)[O-]. The van der Waals surface area contributed by atoms with Gasteiger partial charge >= 0.3 is 5.97 Å². The van der Waals surface area contributed by atoms with Crippen molar-refractivity contribution in [1.82, 2.24) is 0 Å². The molecule has 0 aliphatic rings. The summed E-state index contributed by atoms with van der Waals surface area (Å²) in [6.07, 6.45) is 1.01. The molecule has 0 fully saturated rings. The molecule has 11 heteroatoms. The van der Waals surface area contributed by atoms with Gasteiger partial charge in [0.2, 0.25) is 0 Å². The van der Waals surface area contributed by atoms with E-state index >= 15 is 0 Å². The number of hydrogen-bond donors (Lipinski definition) is 1. The molecule has 2 aromatic rings. The van der Waals surface area contributed by atoms with E-state index < -0.39 is 33.2 Å². The van der Waals surface area contributed by atoms with E-state index in [2.05, 4.69) is 5.32 Å². The van der Waals surface area contributed by atoms with Crippen molar-refractivity contribution in [2.45, 2.75) is 11.8 Å². The fraction of sp³-hybridized carbons (Fsp3) is 0.176. The van der Waals surface area contributed by atoms with Crippen LogP contribution in [-0.2, 0) is 19.4 Å². The molecular formula is C17H15ClN2O7S. The maximum Gasteiger partial charge on any atom is 0.338 e. The van der Waals surface area contributed by atoms with E-state index in [9.17, 15) is 28.1 Å². The maximum atomic E-state index is 12.0. The largest absolute Gasteiger partial charge is 0.452 e. The van der Waals surface area contributed by atoms with Gasteiger partial charge in [0, 0.05) is 17.9 Å². The Balaban J connectivity index is 2.04. The molecule has 0 aliphatic heterocycles. The van der Waals surface area contributed by atoms with Gasteiger partial charge in [0.05, 0.1) is 26.1 Å². The van der Waals surface area contributed by atoms with E-state index in [1.54, 1.807) is 0 Å². The van der Waals surface area contributed by atoms with Crippen LogP contribution in [0.2, 0.25) is 5.02 Å². The average molecular weight is 427 g/mol. The molecule has 0 aromatic heterocycles. The number of amides is 1. The highest BCUT2D eigenvalue weighted by atomic mass is 35.5. The number of benzene rings is 2. The van der Waals surface area contributed by atoms with Crippen LogP contribution in [0.25, 0.3) is 0 Å². The third-order valence-electron chi connectivity index (χ3n) is 3.60. The van der Waals surface area contributed by atoms with Crippen molar-refractivity contribution in [3.8, 4) is 0 Å². The zero-order valence-corrected chi connectivity index (χ0v) is 16.3. The average Bonchev–Trinajstić information content (AvgIpc) is 2.60. The number of esters is 1. The van der Waals surface area contributed by atoms with E-state index in [0.717, 1.165) is 6.26 Å². The van der Waals surface area contributed by atoms with E-state index in [4.69, 9.17) is 16.3 Å². The highest BCUT2D eigenvalue weighted by molar-refractivity contribution is 7.90. The number of rotatable bonds is 6. The Bertz CT molecular complexity index is 1070. The van der Waals surface area contributed by atoms with Gasteiger partial charge in [0.15, 0.2) is 16.4 Å². The summed E-state index contributed by atoms with van der Waals surface area (Å²) in [5.74, 6) is -1.58. The van der Waals surface area contributed by atoms with Crippen LogP contribution in [0.5, 0.6) is 0 Å². The number of nitro groups is 1. The molecule has 1 amide bonds. The first-order chi connectivity index (χ1) is 13.0. The second-order valence-electron chi connectivity index (χ2n) is 5.80. The van der Waals surface area contributed by atoms with Gasteiger partial charge in [0.25, 0.3) is 11.6 Å². The third-order valence-corrected chi connectivity index (χ3v) is 5.04. The standard InChI is InChI=1S/C17H15ClN2O7S/c1-10-7-11(3-6-15(10)20(23)24)17(22)27-9-16(21)19-14-8-12(28(2,25)26)4-5-13(14)18/h3-8H,9H2,1-2H3,(H,19,21). The van der Waals surface area contributed by atoms with Crippen LogP contribution in [0.15, 0.2) is 41.3 Å². The summed E-state index contributed by atoms with van der Waals surface area (Å²) in [4.78, 5) is 34.2. The van der Waals surface area contributed by atoms with E-state index in [0.29, 0.717) is 0 Å². The number of ether oxygens (including phenoxy) is 1. The third kappa shape index (κ3) is 5.27. The Hall–Kier alpha value is -2.98. The van der Waals surface area contributed by atoms with Gasteiger partial charge in [-0.15, -0.1) is 0 Å². The van der Waals surface area contributed by atoms with E-state index in [-0.39, 0.29) is 32.4 Å². The predicted molar refractivity (Wildman–Crippen MR) is 101 cm³/mol. The summed E-state index contributed by atoms with van der Waals surface area (Å²) >= 11 is 5.93. The molecule has 148 valence electrons. The summed E-state index contributed by atoms with van der Waals surface area (Å²) < 4.78 is 28.0. The zero-order chi connectivity index (χ0) is 21.1. The Labute approximate surface area is 165 Å². The number of halogens is 1. The Morgan fingerprint density at radius 2 is 1.89 bits per heavy atom. The number of hydrogen-bond acceptors (Lipinski definition) is 7. The van der Waals surface area contributed by atoms with Crippen molar-refractivity contribution < 1.29 is 27.7 Å². The summed E-state index contributed by atoms with van der Waals surface area (Å²) in [5.41, 5.74) is 0.229. The van der Waals surface area contributed by atoms with Gasteiger partial charge in [-0.3, -0.25) is 14.9 Å². The fourth-order valence-corrected chi connectivity index (χ4v) is 3.03. The van der Waals surface area contributed by atoms with Gasteiger partial charge in [0.1, 0.15) is 0 Å². The van der Waals surface area contributed by atoms with Crippen molar-refractivity contribution in [3.63, 3.8) is 0 Å². The lowest BCUT2D eigenvalue weighted by atomic mass is 10.1. The number of anilines is 1. The molecule has 2 aromatic carbocycles. The van der Waals surface area contributed by atoms with Crippen molar-refractivity contribution in [3.05, 3.63) is 62.7 Å². The monoisotopic (exact) mass is 426 g/mol. The van der Waals surface area contributed by atoms with E-state index in [1.165, 1.54) is 43.3 Å². The summed E-state index contributed by atoms with van der Waals surface area (Å²) in [6.45, 7) is 0.812. The first kappa shape index (κ1) is 21.3. The number of carbonyl (C=O) groups excluding carboxylic acids is 2. The molecule has 2 rings (SSSR count). The minimum absolute atomic E-state index is 0.0365. The van der Waals surface area contributed by atoms with Crippen LogP contribution in [0.4, 0.5) is 11.4 Å². The zero-order valence-electron chi connectivity index (χ0n) is 14.8. The summed E-state index contributed by atoms with van der Waals surface area (Å²) in [7, 11) is -3.50. The predicted octanol–water partition coefficient (Wildman–Crippen LogP) is 2.76. The number of aryl methyl sites for hydroxylation is 1. The lowest BCUT2D eigenvalue weighted by molar-refractivity contribution is -0.385. The molecule has 28 heavy (non-hydrogen) atoms. The van der Waals surface area contributed by atoms with Crippen LogP contribution in [0, 0.1) is 17.0 Å². The van der Waals surface area contributed by atoms with Crippen LogP contribution in [0.3, 0.4) is 0 Å². The Morgan fingerprint density at radius 1 is 1.21 bits per heavy atom. The van der Waals surface area contributed by atoms with Crippen molar-refractivity contribution in [1.29, 1.82) is 0 Å². The molecule has 0 saturated carbocycles. The minimum atomic E-state index is -3.50. The van der Waals surface area contributed by atoms with Gasteiger partial charge in [-0.05, 0) is 37.3 Å². The second-order valence-corrected chi connectivity index (χ2v) is 8.22. The first-order valence-electron chi connectivity index (χ1n) is 7.70. The number of sulfone groups is 1. The maximum absolute atomic E-state index is 12.0. The second kappa shape index (κ2) is 8.36. The molecule has 0 bridgehead atoms. The number of nitrogens with one attached hydrogen (secondary N) is 1. The van der Waals surface area contributed by atoms with Crippen molar-refractivity contribution >= 4 is 44.7 Å². The fourth-order valence-electron chi connectivity index (χ4n) is 2.22. The molecular weight excluding hydrogens is 412 g/mol. The molecule has 0 radical (unpaired) electrons. The van der Waals surface area contributed by atoms with Gasteiger partial charge in [-0.2, -0.15) is 0 Å². The van der Waals surface area contributed by atoms with Gasteiger partial charge in [-0.1, -0.05) is 11.6 Å². The molecule has 1 N–H and O–H groups in total. The van der Waals surface area contributed by atoms with Gasteiger partial charge < -0.3 is 10.1 Å². The summed E-state index contributed by atoms with van der Waals surface area (Å²) in [5, 5.41) is 13.3. The normalized spacial score (nSPS) is 11.0. The summed E-state index contributed by atoms with van der Waals surface area (Å²) in [6, 6.07) is 7.48. The molecule has 0 atom stereocenters. The minimum Gasteiger partial charge on any atom is -0.452 e. The number of nitro benzene ring substituents is 1. The Kier molecular flexibility index (Phi) is 6.37. The van der Waals surface area contributed by atoms with Gasteiger partial charge in [-0.25, -0.2) is 13.2 Å². The topological polar surface area (TPSA) is 133 Å². The van der Waals surface area contributed by atoms with Crippen LogP contribution in [-0.4, -0.2) is 38.1 Å². The Morgan fingerprint density at radius 3 is 2.46 bits per heavy atom. The highest BCUT2D eigenvalue weighted by Crippen LogP contribution is 2.25. The molecule has 0 spiro atoms. The van der Waals surface area contributed by atoms with Crippen LogP contribution in [0.1, 0.15) is 15.9 Å². The smallest absolute Gasteiger partial charge is 0.338 e. The van der Waals surface area contributed by atoms with Crippen molar-refractivity contribution in [2.75, 3.05) is 18.2 Å². The van der Waals surface area contributed by atoms with Crippen molar-refractivity contribution in [2.24, 2.45) is 0 Å². The quantitative estimate of drug-likeness (QED) is 0.426. The molecule has 0 saturated heterocycles. The highest BCUT2D eigenvalue weighted by Gasteiger charge is 2.17. The lowest BCUT2D eigenvalue weighted by Gasteiger charge is -2.10. The first-order valence-corrected chi connectivity index (χ1v) is 9.97. The number of nitrogens with zero attached hydrogens (tertiary/aromatic N) is 1.